The number of rotatable bonds is 7. The molecule has 0 atom stereocenters. The van der Waals surface area contributed by atoms with E-state index in [0.29, 0.717) is 36.1 Å². The zero-order valence-electron chi connectivity index (χ0n) is 17.0. The fourth-order valence-corrected chi connectivity index (χ4v) is 3.46. The monoisotopic (exact) mass is 477 g/mol. The minimum absolute atomic E-state index is 0.320. The van der Waals surface area contributed by atoms with Crippen LogP contribution in [0, 0.1) is 12.7 Å². The van der Waals surface area contributed by atoms with Gasteiger partial charge in [0.1, 0.15) is 19.0 Å². The summed E-state index contributed by atoms with van der Waals surface area (Å²) in [6.45, 7) is 2.62. The van der Waals surface area contributed by atoms with Gasteiger partial charge in [0.05, 0.1) is 0 Å². The first-order valence-corrected chi connectivity index (χ1v) is 10.7. The van der Waals surface area contributed by atoms with E-state index in [2.05, 4.69) is 20.9 Å². The topological polar surface area (TPSA) is 31.4 Å². The molecule has 31 heavy (non-hydrogen) atoms. The second-order valence-corrected chi connectivity index (χ2v) is 7.99. The summed E-state index contributed by atoms with van der Waals surface area (Å²) >= 11 is 3.38. The van der Waals surface area contributed by atoms with E-state index in [1.54, 1.807) is 18.2 Å². The van der Waals surface area contributed by atoms with Gasteiger partial charge >= 0.3 is 0 Å². The number of benzene rings is 3. The average molecular weight is 478 g/mol. The highest BCUT2D eigenvalue weighted by atomic mass is 79.9. The normalized spacial score (nSPS) is 10.7. The van der Waals surface area contributed by atoms with Crippen LogP contribution in [0.25, 0.3) is 11.1 Å². The number of pyridine rings is 1. The third-order valence-corrected chi connectivity index (χ3v) is 5.68. The van der Waals surface area contributed by atoms with Crippen LogP contribution in [0.5, 0.6) is 11.8 Å². The van der Waals surface area contributed by atoms with Gasteiger partial charge in [0.2, 0.25) is 11.8 Å². The summed E-state index contributed by atoms with van der Waals surface area (Å²) in [6, 6.07) is 26.4. The first-order valence-electron chi connectivity index (χ1n) is 9.90. The van der Waals surface area contributed by atoms with E-state index in [4.69, 9.17) is 9.47 Å². The summed E-state index contributed by atoms with van der Waals surface area (Å²) in [5.41, 5.74) is 3.98. The summed E-state index contributed by atoms with van der Waals surface area (Å²) < 4.78 is 27.4. The standard InChI is InChI=1S/C26H21BrFNO2/c1-18-14-22(24(28)15-23(18)27)21-12-13-25(30-16-19-8-4-2-5-9-19)29-26(21)31-17-20-10-6-3-7-11-20/h2-15H,16-17H2,1H3. The van der Waals surface area contributed by atoms with Gasteiger partial charge in [-0.1, -0.05) is 76.6 Å². The minimum atomic E-state index is -0.346. The van der Waals surface area contributed by atoms with Crippen molar-refractivity contribution in [3.8, 4) is 22.9 Å². The van der Waals surface area contributed by atoms with Crippen LogP contribution in [0.4, 0.5) is 4.39 Å². The molecule has 0 radical (unpaired) electrons. The van der Waals surface area contributed by atoms with Crippen molar-refractivity contribution in [3.05, 3.63) is 112 Å². The zero-order chi connectivity index (χ0) is 21.6. The van der Waals surface area contributed by atoms with Crippen LogP contribution in [0.15, 0.2) is 89.4 Å². The Morgan fingerprint density at radius 1 is 0.774 bits per heavy atom. The first kappa shape index (κ1) is 21.1. The second kappa shape index (κ2) is 9.75. The lowest BCUT2D eigenvalue weighted by molar-refractivity contribution is 0.268. The minimum Gasteiger partial charge on any atom is -0.473 e. The van der Waals surface area contributed by atoms with Crippen LogP contribution in [0.3, 0.4) is 0 Å². The molecule has 4 rings (SSSR count). The Morgan fingerprint density at radius 2 is 1.39 bits per heavy atom. The van der Waals surface area contributed by atoms with Crippen LogP contribution in [-0.2, 0) is 13.2 Å². The Balaban J connectivity index is 1.65. The molecule has 0 aliphatic heterocycles. The molecule has 0 saturated carbocycles. The van der Waals surface area contributed by atoms with E-state index in [1.165, 1.54) is 6.07 Å². The van der Waals surface area contributed by atoms with Gasteiger partial charge in [-0.05, 0) is 41.8 Å². The van der Waals surface area contributed by atoms with Gasteiger partial charge in [-0.25, -0.2) is 4.39 Å². The fraction of sp³-hybridized carbons (Fsp3) is 0.115. The predicted molar refractivity (Wildman–Crippen MR) is 124 cm³/mol. The highest BCUT2D eigenvalue weighted by Crippen LogP contribution is 2.35. The van der Waals surface area contributed by atoms with Gasteiger partial charge in [-0.2, -0.15) is 4.98 Å². The Kier molecular flexibility index (Phi) is 6.63. The maximum absolute atomic E-state index is 14.8. The van der Waals surface area contributed by atoms with Gasteiger partial charge in [-0.15, -0.1) is 0 Å². The highest BCUT2D eigenvalue weighted by Gasteiger charge is 2.16. The van der Waals surface area contributed by atoms with Crippen LogP contribution < -0.4 is 9.47 Å². The van der Waals surface area contributed by atoms with Crippen molar-refractivity contribution in [2.75, 3.05) is 0 Å². The molecule has 1 heterocycles. The summed E-state index contributed by atoms with van der Waals surface area (Å²) in [5.74, 6) is 0.404. The molecule has 5 heteroatoms. The summed E-state index contributed by atoms with van der Waals surface area (Å²) in [7, 11) is 0. The van der Waals surface area contributed by atoms with E-state index in [9.17, 15) is 4.39 Å². The first-order chi connectivity index (χ1) is 15.1. The molecule has 156 valence electrons. The van der Waals surface area contributed by atoms with Crippen molar-refractivity contribution >= 4 is 15.9 Å². The van der Waals surface area contributed by atoms with Crippen molar-refractivity contribution in [2.45, 2.75) is 20.1 Å². The molecule has 0 fully saturated rings. The molecule has 3 aromatic carbocycles. The molecule has 0 N–H and O–H groups in total. The number of aryl methyl sites for hydroxylation is 1. The second-order valence-electron chi connectivity index (χ2n) is 7.13. The Labute approximate surface area is 189 Å². The Bertz CT molecular complexity index is 1170. The maximum Gasteiger partial charge on any atom is 0.225 e. The zero-order valence-corrected chi connectivity index (χ0v) is 18.6. The Hall–Kier alpha value is -3.18. The van der Waals surface area contributed by atoms with Crippen LogP contribution in [0.1, 0.15) is 16.7 Å². The predicted octanol–water partition coefficient (Wildman–Crippen LogP) is 7.12. The summed E-state index contributed by atoms with van der Waals surface area (Å²) in [6.07, 6.45) is 0. The van der Waals surface area contributed by atoms with Crippen molar-refractivity contribution in [1.29, 1.82) is 0 Å². The lowest BCUT2D eigenvalue weighted by atomic mass is 10.0. The van der Waals surface area contributed by atoms with Gasteiger partial charge in [-0.3, -0.25) is 0 Å². The molecule has 0 saturated heterocycles. The van der Waals surface area contributed by atoms with Gasteiger partial charge in [0.25, 0.3) is 0 Å². The molecule has 0 spiro atoms. The lowest BCUT2D eigenvalue weighted by Crippen LogP contribution is -2.03. The lowest BCUT2D eigenvalue weighted by Gasteiger charge is -2.14. The van der Waals surface area contributed by atoms with Gasteiger partial charge < -0.3 is 9.47 Å². The quantitative estimate of drug-likeness (QED) is 0.284. The highest BCUT2D eigenvalue weighted by molar-refractivity contribution is 9.10. The fourth-order valence-electron chi connectivity index (χ4n) is 3.14. The SMILES string of the molecule is Cc1cc(-c2ccc(OCc3ccccc3)nc2OCc2ccccc2)c(F)cc1Br. The van der Waals surface area contributed by atoms with Crippen LogP contribution in [0.2, 0.25) is 0 Å². The van der Waals surface area contributed by atoms with Crippen molar-refractivity contribution in [2.24, 2.45) is 0 Å². The molecule has 0 aliphatic carbocycles. The van der Waals surface area contributed by atoms with Crippen molar-refractivity contribution < 1.29 is 13.9 Å². The summed E-state index contributed by atoms with van der Waals surface area (Å²) in [4.78, 5) is 4.55. The van der Waals surface area contributed by atoms with Gasteiger partial charge in [0, 0.05) is 21.7 Å². The third-order valence-electron chi connectivity index (χ3n) is 4.82. The van der Waals surface area contributed by atoms with E-state index in [-0.39, 0.29) is 5.82 Å². The molecule has 4 aromatic rings. The molecule has 0 bridgehead atoms. The summed E-state index contributed by atoms with van der Waals surface area (Å²) in [5, 5.41) is 0. The van der Waals surface area contributed by atoms with E-state index < -0.39 is 0 Å². The van der Waals surface area contributed by atoms with Crippen LogP contribution >= 0.6 is 15.9 Å². The van der Waals surface area contributed by atoms with E-state index >= 15 is 0 Å². The largest absolute Gasteiger partial charge is 0.473 e. The van der Waals surface area contributed by atoms with Gasteiger partial charge in [0.15, 0.2) is 0 Å². The molecular formula is C26H21BrFNO2. The number of ether oxygens (including phenoxy) is 2. The van der Waals surface area contributed by atoms with E-state index in [0.717, 1.165) is 21.2 Å². The third kappa shape index (κ3) is 5.30. The maximum atomic E-state index is 14.8. The van der Waals surface area contributed by atoms with Crippen LogP contribution in [-0.4, -0.2) is 4.98 Å². The van der Waals surface area contributed by atoms with Crippen molar-refractivity contribution in [3.63, 3.8) is 0 Å². The number of hydrogen-bond acceptors (Lipinski definition) is 3. The molecule has 0 unspecified atom stereocenters. The molecule has 0 amide bonds. The number of nitrogens with zero attached hydrogens (tertiary/aromatic N) is 1. The number of hydrogen-bond donors (Lipinski definition) is 0. The Morgan fingerprint density at radius 3 is 2.03 bits per heavy atom. The average Bonchev–Trinajstić information content (AvgIpc) is 2.80. The van der Waals surface area contributed by atoms with E-state index in [1.807, 2.05) is 67.6 Å². The molecular weight excluding hydrogens is 457 g/mol. The smallest absolute Gasteiger partial charge is 0.225 e. The molecule has 1 aromatic heterocycles. The number of aromatic nitrogens is 1. The molecule has 3 nitrogen and oxygen atoms in total. The molecule has 0 aliphatic rings. The van der Waals surface area contributed by atoms with Crippen molar-refractivity contribution in [1.82, 2.24) is 4.98 Å². The number of halogens is 2.